The van der Waals surface area contributed by atoms with Gasteiger partial charge in [-0.05, 0) is 12.1 Å². The molecule has 0 aromatic heterocycles. The number of nitrogens with one attached hydrogen (secondary N) is 1. The Hall–Kier alpha value is -2.42. The van der Waals surface area contributed by atoms with Gasteiger partial charge in [0.1, 0.15) is 5.84 Å². The van der Waals surface area contributed by atoms with Gasteiger partial charge in [-0.1, -0.05) is 12.1 Å². The van der Waals surface area contributed by atoms with Crippen LogP contribution < -0.4 is 4.72 Å². The van der Waals surface area contributed by atoms with Crippen LogP contribution in [0.5, 0.6) is 0 Å². The Balaban J connectivity index is 1.93. The van der Waals surface area contributed by atoms with Crippen LogP contribution >= 0.6 is 0 Å². The summed E-state index contributed by atoms with van der Waals surface area (Å²) < 4.78 is 30.8. The molecule has 24 heavy (non-hydrogen) atoms. The lowest BCUT2D eigenvalue weighted by Gasteiger charge is -2.15. The Kier molecular flexibility index (Phi) is 5.55. The van der Waals surface area contributed by atoms with E-state index < -0.39 is 10.0 Å². The lowest BCUT2D eigenvalue weighted by atomic mass is 10.2. The van der Waals surface area contributed by atoms with Crippen LogP contribution in [0.15, 0.2) is 34.2 Å². The number of nitrogens with zero attached hydrogens (tertiary/aromatic N) is 2. The van der Waals surface area contributed by atoms with Gasteiger partial charge in [0.2, 0.25) is 5.91 Å². The summed E-state index contributed by atoms with van der Waals surface area (Å²) in [6, 6.07) is 6.53. The summed E-state index contributed by atoms with van der Waals surface area (Å²) in [5.41, 5.74) is 0.504. The van der Waals surface area contributed by atoms with E-state index in [2.05, 4.69) is 14.5 Å². The molecule has 0 fully saturated rings. The smallest absolute Gasteiger partial charge is 0.307 e. The molecule has 8 nitrogen and oxygen atoms in total. The number of rotatable bonds is 6. The molecule has 0 atom stereocenters. The molecule has 0 aliphatic carbocycles. The highest BCUT2D eigenvalue weighted by molar-refractivity contribution is 7.90. The molecule has 0 unspecified atom stereocenters. The first-order chi connectivity index (χ1) is 11.3. The Morgan fingerprint density at radius 3 is 2.67 bits per heavy atom. The summed E-state index contributed by atoms with van der Waals surface area (Å²) in [6.45, 7) is 0.408. The van der Waals surface area contributed by atoms with Gasteiger partial charge in [0.25, 0.3) is 10.0 Å². The van der Waals surface area contributed by atoms with Crippen LogP contribution in [0.3, 0.4) is 0 Å². The van der Waals surface area contributed by atoms with Crippen LogP contribution in [-0.4, -0.2) is 58.3 Å². The molecule has 1 aliphatic heterocycles. The predicted octanol–water partition coefficient (Wildman–Crippen LogP) is 0.137. The first kappa shape index (κ1) is 17.9. The van der Waals surface area contributed by atoms with Crippen molar-refractivity contribution in [2.45, 2.75) is 17.7 Å². The van der Waals surface area contributed by atoms with Gasteiger partial charge in [0, 0.05) is 25.6 Å². The lowest BCUT2D eigenvalue weighted by molar-refractivity contribution is -0.141. The summed E-state index contributed by atoms with van der Waals surface area (Å²) in [4.78, 5) is 28.8. The normalized spacial score (nSPS) is 16.3. The molecule has 1 aliphatic rings. The van der Waals surface area contributed by atoms with E-state index in [0.29, 0.717) is 5.56 Å². The molecule has 130 valence electrons. The number of hydrogen-bond acceptors (Lipinski definition) is 6. The molecule has 1 aromatic carbocycles. The number of aliphatic imine (C=N–C) groups is 1. The van der Waals surface area contributed by atoms with Gasteiger partial charge >= 0.3 is 5.97 Å². The lowest BCUT2D eigenvalue weighted by Crippen LogP contribution is -2.30. The fraction of sp³-hybridized carbons (Fsp3) is 0.400. The van der Waals surface area contributed by atoms with E-state index >= 15 is 0 Å². The largest absolute Gasteiger partial charge is 0.469 e. The van der Waals surface area contributed by atoms with Crippen molar-refractivity contribution >= 4 is 27.7 Å². The Morgan fingerprint density at radius 1 is 1.25 bits per heavy atom. The van der Waals surface area contributed by atoms with Crippen LogP contribution in [0.25, 0.3) is 0 Å². The fourth-order valence-electron chi connectivity index (χ4n) is 2.19. The summed E-state index contributed by atoms with van der Waals surface area (Å²) in [5, 5.41) is 0. The highest BCUT2D eigenvalue weighted by Gasteiger charge is 2.29. The SMILES string of the molecule is COC(=O)CCN(C)C(=O)CCN=C1NS(=O)(=O)c2ccccc21. The number of amides is 1. The number of methoxy groups -OCH3 is 1. The molecule has 0 saturated heterocycles. The maximum atomic E-state index is 12.0. The van der Waals surface area contributed by atoms with Crippen molar-refractivity contribution in [1.29, 1.82) is 0 Å². The number of carbonyl (C=O) groups is 2. The van der Waals surface area contributed by atoms with Crippen LogP contribution in [0.1, 0.15) is 18.4 Å². The monoisotopic (exact) mass is 353 g/mol. The molecule has 0 radical (unpaired) electrons. The van der Waals surface area contributed by atoms with E-state index in [0.717, 1.165) is 0 Å². The molecule has 1 aromatic rings. The second-order valence-electron chi connectivity index (χ2n) is 5.22. The van der Waals surface area contributed by atoms with Crippen molar-refractivity contribution in [3.63, 3.8) is 0 Å². The zero-order valence-electron chi connectivity index (χ0n) is 13.5. The van der Waals surface area contributed by atoms with E-state index in [9.17, 15) is 18.0 Å². The third kappa shape index (κ3) is 4.10. The van der Waals surface area contributed by atoms with Gasteiger partial charge in [-0.2, -0.15) is 0 Å². The number of hydrogen-bond donors (Lipinski definition) is 1. The molecule has 1 heterocycles. The fourth-order valence-corrected chi connectivity index (χ4v) is 3.44. The van der Waals surface area contributed by atoms with Crippen LogP contribution in [0.4, 0.5) is 0 Å². The molecule has 2 rings (SSSR count). The summed E-state index contributed by atoms with van der Waals surface area (Å²) in [6.07, 6.45) is 0.242. The number of amidine groups is 1. The highest BCUT2D eigenvalue weighted by Crippen LogP contribution is 2.22. The van der Waals surface area contributed by atoms with Crippen LogP contribution in [0, 0.1) is 0 Å². The third-order valence-electron chi connectivity index (χ3n) is 3.56. The second kappa shape index (κ2) is 7.43. The standard InChI is InChI=1S/C15H19N3O5S/c1-18(10-8-14(20)23-2)13(19)7-9-16-15-11-5-3-4-6-12(11)24(21,22)17-15/h3-6H,7-10H2,1-2H3,(H,16,17). The topological polar surface area (TPSA) is 105 Å². The average molecular weight is 353 g/mol. The van der Waals surface area contributed by atoms with Gasteiger partial charge in [-0.25, -0.2) is 8.42 Å². The van der Waals surface area contributed by atoms with Gasteiger partial charge < -0.3 is 9.64 Å². The average Bonchev–Trinajstić information content (AvgIpc) is 2.83. The summed E-state index contributed by atoms with van der Waals surface area (Å²) >= 11 is 0. The van der Waals surface area contributed by atoms with Crippen molar-refractivity contribution < 1.29 is 22.7 Å². The molecule has 1 amide bonds. The van der Waals surface area contributed by atoms with Crippen molar-refractivity contribution in [2.24, 2.45) is 4.99 Å². The predicted molar refractivity (Wildman–Crippen MR) is 87.1 cm³/mol. The molecule has 1 N–H and O–H groups in total. The first-order valence-electron chi connectivity index (χ1n) is 7.32. The van der Waals surface area contributed by atoms with Crippen molar-refractivity contribution in [1.82, 2.24) is 9.62 Å². The highest BCUT2D eigenvalue weighted by atomic mass is 32.2. The Bertz CT molecular complexity index is 773. The Morgan fingerprint density at radius 2 is 1.96 bits per heavy atom. The van der Waals surface area contributed by atoms with Crippen molar-refractivity contribution in [3.8, 4) is 0 Å². The molecule has 0 bridgehead atoms. The van der Waals surface area contributed by atoms with Crippen LogP contribution in [-0.2, 0) is 24.3 Å². The second-order valence-corrected chi connectivity index (χ2v) is 6.87. The number of fused-ring (bicyclic) bond motifs is 1. The molecule has 0 saturated carbocycles. The van der Waals surface area contributed by atoms with Gasteiger partial charge in [0.15, 0.2) is 0 Å². The van der Waals surface area contributed by atoms with E-state index in [1.807, 2.05) is 0 Å². The van der Waals surface area contributed by atoms with Crippen LogP contribution in [0.2, 0.25) is 0 Å². The number of sulfonamides is 1. The number of carbonyl (C=O) groups excluding carboxylic acids is 2. The molecular formula is C15H19N3O5S. The minimum Gasteiger partial charge on any atom is -0.469 e. The third-order valence-corrected chi connectivity index (χ3v) is 4.96. The van der Waals surface area contributed by atoms with Crippen molar-refractivity contribution in [2.75, 3.05) is 27.2 Å². The van der Waals surface area contributed by atoms with E-state index in [1.165, 1.54) is 18.1 Å². The summed E-state index contributed by atoms with van der Waals surface area (Å²) in [7, 11) is -0.689. The van der Waals surface area contributed by atoms with E-state index in [1.54, 1.807) is 25.2 Å². The van der Waals surface area contributed by atoms with Gasteiger partial charge in [-0.3, -0.25) is 19.3 Å². The van der Waals surface area contributed by atoms with E-state index in [-0.39, 0.29) is 48.5 Å². The Labute approximate surface area is 140 Å². The van der Waals surface area contributed by atoms with Gasteiger partial charge in [0.05, 0.1) is 25.0 Å². The quantitative estimate of drug-likeness (QED) is 0.732. The van der Waals surface area contributed by atoms with Gasteiger partial charge in [-0.15, -0.1) is 0 Å². The maximum Gasteiger partial charge on any atom is 0.307 e. The zero-order chi connectivity index (χ0) is 17.7. The summed E-state index contributed by atoms with van der Waals surface area (Å²) in [5.74, 6) is -0.320. The maximum absolute atomic E-state index is 12.0. The minimum absolute atomic E-state index is 0.116. The van der Waals surface area contributed by atoms with Crippen molar-refractivity contribution in [3.05, 3.63) is 29.8 Å². The zero-order valence-corrected chi connectivity index (χ0v) is 14.3. The number of benzene rings is 1. The molecule has 9 heteroatoms. The first-order valence-corrected chi connectivity index (χ1v) is 8.81. The molecular weight excluding hydrogens is 334 g/mol. The minimum atomic E-state index is -3.57. The number of esters is 1. The van der Waals surface area contributed by atoms with E-state index in [4.69, 9.17) is 0 Å². The molecule has 0 spiro atoms. The number of ether oxygens (including phenoxy) is 1.